The number of para-hydroxylation sites is 2. The Labute approximate surface area is 144 Å². The lowest BCUT2D eigenvalue weighted by Gasteiger charge is -2.04. The second-order valence-electron chi connectivity index (χ2n) is 5.80. The number of aromatic nitrogens is 2. The van der Waals surface area contributed by atoms with Crippen LogP contribution in [0.3, 0.4) is 0 Å². The summed E-state index contributed by atoms with van der Waals surface area (Å²) in [5.41, 5.74) is 1.96. The Morgan fingerprint density at radius 2 is 1.88 bits per heavy atom. The average molecular weight is 339 g/mol. The Balaban J connectivity index is 1.71. The predicted octanol–water partition coefficient (Wildman–Crippen LogP) is 4.35. The molecule has 0 radical (unpaired) electrons. The lowest BCUT2D eigenvalue weighted by atomic mass is 10.0. The first kappa shape index (κ1) is 16.6. The quantitative estimate of drug-likeness (QED) is 0.490. The van der Waals surface area contributed by atoms with E-state index < -0.39 is 4.92 Å². The minimum atomic E-state index is -0.495. The van der Waals surface area contributed by atoms with E-state index in [-0.39, 0.29) is 23.9 Å². The fourth-order valence-electron chi connectivity index (χ4n) is 2.32. The maximum atomic E-state index is 11.0. The fourth-order valence-corrected chi connectivity index (χ4v) is 2.32. The van der Waals surface area contributed by atoms with Gasteiger partial charge < -0.3 is 9.26 Å². The van der Waals surface area contributed by atoms with Crippen molar-refractivity contribution in [3.63, 3.8) is 0 Å². The molecule has 1 aromatic heterocycles. The molecule has 0 saturated carbocycles. The van der Waals surface area contributed by atoms with Crippen LogP contribution in [0.5, 0.6) is 5.75 Å². The van der Waals surface area contributed by atoms with Crippen molar-refractivity contribution in [2.45, 2.75) is 26.4 Å². The van der Waals surface area contributed by atoms with E-state index in [2.05, 4.69) is 24.0 Å². The van der Waals surface area contributed by atoms with Gasteiger partial charge in [-0.05, 0) is 17.5 Å². The Bertz CT molecular complexity index is 872. The number of benzene rings is 2. The van der Waals surface area contributed by atoms with Gasteiger partial charge in [-0.3, -0.25) is 10.1 Å². The van der Waals surface area contributed by atoms with Gasteiger partial charge in [0.15, 0.2) is 12.4 Å². The molecule has 0 spiro atoms. The normalized spacial score (nSPS) is 10.8. The third-order valence-electron chi connectivity index (χ3n) is 3.72. The van der Waals surface area contributed by atoms with Crippen LogP contribution in [-0.2, 0) is 6.61 Å². The van der Waals surface area contributed by atoms with Crippen LogP contribution < -0.4 is 4.74 Å². The molecule has 0 amide bonds. The van der Waals surface area contributed by atoms with Crippen LogP contribution >= 0.6 is 0 Å². The highest BCUT2D eigenvalue weighted by atomic mass is 16.6. The van der Waals surface area contributed by atoms with Gasteiger partial charge in [0, 0.05) is 11.6 Å². The number of ether oxygens (including phenoxy) is 1. The summed E-state index contributed by atoms with van der Waals surface area (Å²) in [6.07, 6.45) is 0. The highest BCUT2D eigenvalue weighted by molar-refractivity contribution is 5.54. The second kappa shape index (κ2) is 7.12. The predicted molar refractivity (Wildman–Crippen MR) is 91.3 cm³/mol. The van der Waals surface area contributed by atoms with Crippen molar-refractivity contribution in [2.75, 3.05) is 0 Å². The van der Waals surface area contributed by atoms with E-state index >= 15 is 0 Å². The van der Waals surface area contributed by atoms with Crippen LogP contribution in [0.4, 0.5) is 5.69 Å². The zero-order chi connectivity index (χ0) is 17.8. The lowest BCUT2D eigenvalue weighted by molar-refractivity contribution is -0.386. The van der Waals surface area contributed by atoms with E-state index in [1.165, 1.54) is 17.7 Å². The molecule has 1 heterocycles. The smallest absolute Gasteiger partial charge is 0.310 e. The summed E-state index contributed by atoms with van der Waals surface area (Å²) in [6, 6.07) is 14.1. The third kappa shape index (κ3) is 3.82. The van der Waals surface area contributed by atoms with Gasteiger partial charge in [-0.15, -0.1) is 0 Å². The highest BCUT2D eigenvalue weighted by Crippen LogP contribution is 2.27. The Morgan fingerprint density at radius 3 is 2.56 bits per heavy atom. The van der Waals surface area contributed by atoms with Gasteiger partial charge in [0.1, 0.15) is 0 Å². The van der Waals surface area contributed by atoms with Crippen molar-refractivity contribution in [1.82, 2.24) is 10.1 Å². The summed E-state index contributed by atoms with van der Waals surface area (Å²) in [5.74, 6) is 1.32. The van der Waals surface area contributed by atoms with Gasteiger partial charge in [-0.25, -0.2) is 0 Å². The molecule has 0 unspecified atom stereocenters. The molecule has 0 fully saturated rings. The average Bonchev–Trinajstić information content (AvgIpc) is 3.09. The summed E-state index contributed by atoms with van der Waals surface area (Å²) >= 11 is 0. The van der Waals surface area contributed by atoms with Crippen LogP contribution in [-0.4, -0.2) is 15.1 Å². The lowest BCUT2D eigenvalue weighted by Crippen LogP contribution is -1.99. The number of nitro groups is 1. The summed E-state index contributed by atoms with van der Waals surface area (Å²) in [7, 11) is 0. The van der Waals surface area contributed by atoms with E-state index in [0.29, 0.717) is 11.7 Å². The van der Waals surface area contributed by atoms with Crippen LogP contribution in [0.1, 0.15) is 31.2 Å². The maximum absolute atomic E-state index is 11.0. The number of hydrogen-bond donors (Lipinski definition) is 0. The molecule has 0 bridgehead atoms. The van der Waals surface area contributed by atoms with Gasteiger partial charge in [-0.1, -0.05) is 55.4 Å². The van der Waals surface area contributed by atoms with Gasteiger partial charge in [0.25, 0.3) is 5.89 Å². The van der Waals surface area contributed by atoms with E-state index in [9.17, 15) is 10.1 Å². The first-order valence-electron chi connectivity index (χ1n) is 7.83. The van der Waals surface area contributed by atoms with Crippen molar-refractivity contribution < 1.29 is 14.2 Å². The molecular formula is C18H17N3O4. The number of nitrogens with zero attached hydrogens (tertiary/aromatic N) is 3. The van der Waals surface area contributed by atoms with Crippen molar-refractivity contribution >= 4 is 5.69 Å². The fraction of sp³-hybridized carbons (Fsp3) is 0.222. The van der Waals surface area contributed by atoms with Crippen LogP contribution in [0, 0.1) is 10.1 Å². The van der Waals surface area contributed by atoms with Crippen LogP contribution in [0.15, 0.2) is 53.1 Å². The Hall–Kier alpha value is -3.22. The largest absolute Gasteiger partial charge is 0.477 e. The second-order valence-corrected chi connectivity index (χ2v) is 5.80. The van der Waals surface area contributed by atoms with Gasteiger partial charge >= 0.3 is 5.69 Å². The molecule has 0 aliphatic rings. The van der Waals surface area contributed by atoms with E-state index in [1.54, 1.807) is 12.1 Å². The number of nitro benzene ring substituents is 1. The first-order valence-corrected chi connectivity index (χ1v) is 7.83. The zero-order valence-corrected chi connectivity index (χ0v) is 13.9. The summed E-state index contributed by atoms with van der Waals surface area (Å²) in [6.45, 7) is 4.21. The van der Waals surface area contributed by atoms with Gasteiger partial charge in [0.2, 0.25) is 5.82 Å². The molecule has 0 aliphatic heterocycles. The zero-order valence-electron chi connectivity index (χ0n) is 13.9. The van der Waals surface area contributed by atoms with E-state index in [1.807, 2.05) is 24.3 Å². The summed E-state index contributed by atoms with van der Waals surface area (Å²) < 4.78 is 10.6. The maximum Gasteiger partial charge on any atom is 0.310 e. The highest BCUT2D eigenvalue weighted by Gasteiger charge is 2.15. The van der Waals surface area contributed by atoms with Crippen molar-refractivity contribution in [1.29, 1.82) is 0 Å². The van der Waals surface area contributed by atoms with Crippen LogP contribution in [0.25, 0.3) is 11.4 Å². The molecule has 0 atom stereocenters. The first-order chi connectivity index (χ1) is 12.0. The molecule has 0 aliphatic carbocycles. The standard InChI is InChI=1S/C18H17N3O4/c1-12(2)13-7-9-14(10-8-13)18-19-17(25-20-18)11-24-16-6-4-3-5-15(16)21(22)23/h3-10,12H,11H2,1-2H3. The Kier molecular flexibility index (Phi) is 4.74. The van der Waals surface area contributed by atoms with Crippen molar-refractivity contribution in [2.24, 2.45) is 0 Å². The van der Waals surface area contributed by atoms with Gasteiger partial charge in [-0.2, -0.15) is 4.98 Å². The van der Waals surface area contributed by atoms with E-state index in [4.69, 9.17) is 9.26 Å². The van der Waals surface area contributed by atoms with E-state index in [0.717, 1.165) is 5.56 Å². The van der Waals surface area contributed by atoms with Crippen molar-refractivity contribution in [3.05, 3.63) is 70.1 Å². The molecule has 3 aromatic rings. The summed E-state index contributed by atoms with van der Waals surface area (Å²) in [5, 5.41) is 14.9. The van der Waals surface area contributed by atoms with Gasteiger partial charge in [0.05, 0.1) is 4.92 Å². The topological polar surface area (TPSA) is 91.3 Å². The van der Waals surface area contributed by atoms with Crippen LogP contribution in [0.2, 0.25) is 0 Å². The molecule has 25 heavy (non-hydrogen) atoms. The molecule has 0 saturated heterocycles. The molecule has 3 rings (SSSR count). The molecule has 0 N–H and O–H groups in total. The molecule has 128 valence electrons. The minimum Gasteiger partial charge on any atom is -0.477 e. The molecule has 2 aromatic carbocycles. The molecule has 7 heteroatoms. The number of hydrogen-bond acceptors (Lipinski definition) is 6. The molecular weight excluding hydrogens is 322 g/mol. The SMILES string of the molecule is CC(C)c1ccc(-c2noc(COc3ccccc3[N+](=O)[O-])n2)cc1. The third-order valence-corrected chi connectivity index (χ3v) is 3.72. The van der Waals surface area contributed by atoms with Crippen molar-refractivity contribution in [3.8, 4) is 17.1 Å². The Morgan fingerprint density at radius 1 is 1.16 bits per heavy atom. The monoisotopic (exact) mass is 339 g/mol. The number of rotatable bonds is 6. The minimum absolute atomic E-state index is 0.0398. The summed E-state index contributed by atoms with van der Waals surface area (Å²) in [4.78, 5) is 14.7. The molecule has 7 nitrogen and oxygen atoms in total.